The van der Waals surface area contributed by atoms with E-state index in [-0.39, 0.29) is 0 Å². The van der Waals surface area contributed by atoms with Gasteiger partial charge < -0.3 is 27.0 Å². The normalized spacial score (nSPS) is 14.1. The predicted octanol–water partition coefficient (Wildman–Crippen LogP) is 7.48. The SMILES string of the molecule is Brc1cncc2c1NCCC2.N#Cc1cncc2c1NCCC2.NCc1cncc2c1NCCC2.c1cc2c(cn1)CCCN2.c1cnc2ccncc2c1. The lowest BCUT2D eigenvalue weighted by molar-refractivity contribution is 0.815. The molecule has 0 saturated heterocycles. The lowest BCUT2D eigenvalue weighted by Crippen LogP contribution is -2.15. The third-order valence-corrected chi connectivity index (χ3v) is 10.1. The number of rotatable bonds is 1. The third-order valence-electron chi connectivity index (χ3n) is 9.47. The number of nitrogens with zero attached hydrogens (tertiary/aromatic N) is 7. The first-order chi connectivity index (χ1) is 27.1. The molecule has 0 atom stereocenters. The molecule has 6 N–H and O–H groups in total. The molecule has 4 aliphatic heterocycles. The number of aryl methyl sites for hydroxylation is 4. The first kappa shape index (κ1) is 39.0. The Hall–Kier alpha value is -5.71. The summed E-state index contributed by atoms with van der Waals surface area (Å²) < 4.78 is 1.08. The van der Waals surface area contributed by atoms with Gasteiger partial charge in [-0.1, -0.05) is 0 Å². The van der Waals surface area contributed by atoms with Crippen LogP contribution in [0.25, 0.3) is 10.9 Å². The second kappa shape index (κ2) is 20.7. The summed E-state index contributed by atoms with van der Waals surface area (Å²) in [6.07, 6.45) is 29.4. The average Bonchev–Trinajstić information content (AvgIpc) is 3.27. The number of nitrogens with one attached hydrogen (secondary N) is 4. The number of pyridine rings is 6. The van der Waals surface area contributed by atoms with E-state index in [4.69, 9.17) is 11.0 Å². The monoisotopic (exact) mass is 798 g/mol. The van der Waals surface area contributed by atoms with E-state index in [9.17, 15) is 0 Å². The molecule has 0 saturated carbocycles. The van der Waals surface area contributed by atoms with E-state index in [1.807, 2.05) is 73.8 Å². The third kappa shape index (κ3) is 10.9. The maximum Gasteiger partial charge on any atom is 0.103 e. The zero-order chi connectivity index (χ0) is 38.1. The molecule has 0 aliphatic carbocycles. The van der Waals surface area contributed by atoms with Gasteiger partial charge in [-0.05, 0) is 114 Å². The first-order valence-electron chi connectivity index (χ1n) is 18.8. The molecule has 4 aliphatic rings. The molecule has 0 aromatic carbocycles. The van der Waals surface area contributed by atoms with E-state index in [1.165, 1.54) is 65.0 Å². The lowest BCUT2D eigenvalue weighted by atomic mass is 10.0. The molecule has 13 heteroatoms. The zero-order valence-corrected chi connectivity index (χ0v) is 32.5. The number of nitriles is 1. The molecular weight excluding hydrogens is 752 g/mol. The highest BCUT2D eigenvalue weighted by molar-refractivity contribution is 9.10. The fourth-order valence-electron chi connectivity index (χ4n) is 6.67. The molecule has 12 nitrogen and oxygen atoms in total. The maximum atomic E-state index is 8.76. The highest BCUT2D eigenvalue weighted by Gasteiger charge is 2.13. The van der Waals surface area contributed by atoms with Crippen LogP contribution in [0, 0.1) is 11.3 Å². The van der Waals surface area contributed by atoms with Gasteiger partial charge in [-0.25, -0.2) is 0 Å². The van der Waals surface area contributed by atoms with Crippen LogP contribution in [-0.2, 0) is 32.2 Å². The Morgan fingerprint density at radius 1 is 0.600 bits per heavy atom. The van der Waals surface area contributed by atoms with E-state index in [0.29, 0.717) is 12.1 Å². The van der Waals surface area contributed by atoms with Crippen LogP contribution in [0.2, 0.25) is 0 Å². The van der Waals surface area contributed by atoms with Crippen molar-refractivity contribution < 1.29 is 0 Å². The fraction of sp³-hybridized carbons (Fsp3) is 0.310. The molecule has 0 unspecified atom stereocenters. The van der Waals surface area contributed by atoms with Crippen LogP contribution in [-0.4, -0.2) is 56.1 Å². The smallest absolute Gasteiger partial charge is 0.103 e. The Labute approximate surface area is 331 Å². The van der Waals surface area contributed by atoms with Gasteiger partial charge in [-0.3, -0.25) is 29.9 Å². The Kier molecular flexibility index (Phi) is 14.7. The lowest BCUT2D eigenvalue weighted by Gasteiger charge is -2.19. The van der Waals surface area contributed by atoms with E-state index < -0.39 is 0 Å². The number of hydrogen-bond acceptors (Lipinski definition) is 12. The van der Waals surface area contributed by atoms with Crippen molar-refractivity contribution in [3.8, 4) is 6.07 Å². The molecule has 6 aromatic rings. The number of aromatic nitrogens is 6. The van der Waals surface area contributed by atoms with Crippen molar-refractivity contribution in [2.75, 3.05) is 47.4 Å². The highest BCUT2D eigenvalue weighted by Crippen LogP contribution is 2.29. The van der Waals surface area contributed by atoms with Gasteiger partial charge in [-0.2, -0.15) is 5.26 Å². The molecule has 0 amide bonds. The van der Waals surface area contributed by atoms with Crippen molar-refractivity contribution >= 4 is 49.6 Å². The summed E-state index contributed by atoms with van der Waals surface area (Å²) >= 11 is 3.46. The summed E-state index contributed by atoms with van der Waals surface area (Å²) in [6, 6.07) is 9.97. The van der Waals surface area contributed by atoms with Crippen LogP contribution < -0.4 is 27.0 Å². The van der Waals surface area contributed by atoms with Crippen molar-refractivity contribution in [3.05, 3.63) is 130 Å². The number of halogens is 1. The largest absolute Gasteiger partial charge is 0.385 e. The topological polar surface area (TPSA) is 175 Å². The average molecular weight is 800 g/mol. The van der Waals surface area contributed by atoms with Gasteiger partial charge in [0, 0.05) is 123 Å². The predicted molar refractivity (Wildman–Crippen MR) is 224 cm³/mol. The molecular formula is C42H47BrN12. The minimum Gasteiger partial charge on any atom is -0.385 e. The van der Waals surface area contributed by atoms with E-state index in [2.05, 4.69) is 73.2 Å². The number of anilines is 4. The van der Waals surface area contributed by atoms with Gasteiger partial charge in [-0.15, -0.1) is 0 Å². The number of hydrogen-bond donors (Lipinski definition) is 5. The highest BCUT2D eigenvalue weighted by atomic mass is 79.9. The van der Waals surface area contributed by atoms with Crippen LogP contribution in [0.5, 0.6) is 0 Å². The van der Waals surface area contributed by atoms with Crippen LogP contribution in [0.4, 0.5) is 22.7 Å². The quantitative estimate of drug-likeness (QED) is 0.111. The van der Waals surface area contributed by atoms with E-state index in [1.54, 1.807) is 18.6 Å². The van der Waals surface area contributed by atoms with Crippen LogP contribution in [0.15, 0.2) is 96.9 Å². The fourth-order valence-corrected chi connectivity index (χ4v) is 7.18. The molecule has 0 bridgehead atoms. The summed E-state index contributed by atoms with van der Waals surface area (Å²) in [5.74, 6) is 0. The zero-order valence-electron chi connectivity index (χ0n) is 30.9. The van der Waals surface area contributed by atoms with Gasteiger partial charge in [0.25, 0.3) is 0 Å². The van der Waals surface area contributed by atoms with Gasteiger partial charge in [0.05, 0.1) is 26.9 Å². The Balaban J connectivity index is 0.000000117. The molecule has 0 radical (unpaired) electrons. The number of nitrogens with two attached hydrogens (primary N) is 1. The van der Waals surface area contributed by atoms with Crippen LogP contribution in [0.3, 0.4) is 0 Å². The van der Waals surface area contributed by atoms with Crippen molar-refractivity contribution in [2.24, 2.45) is 5.73 Å². The standard InChI is InChI=1S/C9H13N3.C9H9N3.C8H9BrN2.C8H10N2.C8H6N2/c2*10-4-8-6-11-5-7-2-1-3-12-9(7)8;9-7-5-10-4-6-2-1-3-11-8(6)7;2*1-2-7-6-9-5-3-8(7)10-4-1/h5-6,12H,1-4,10H2;5-6,12H,1-3H2;4-5,11H,1-3H2;3,5-6,10H,1-2,4H2;1-6H. The van der Waals surface area contributed by atoms with Crippen molar-refractivity contribution in [1.29, 1.82) is 5.26 Å². The molecule has 6 aromatic heterocycles. The summed E-state index contributed by atoms with van der Waals surface area (Å²) in [5, 5.41) is 23.1. The Bertz CT molecular complexity index is 2080. The van der Waals surface area contributed by atoms with E-state index in [0.717, 1.165) is 78.5 Å². The minimum atomic E-state index is 0.573. The van der Waals surface area contributed by atoms with Gasteiger partial charge in [0.15, 0.2) is 0 Å². The van der Waals surface area contributed by atoms with E-state index >= 15 is 0 Å². The van der Waals surface area contributed by atoms with Crippen LogP contribution in [0.1, 0.15) is 59.1 Å². The van der Waals surface area contributed by atoms with Gasteiger partial charge in [0.2, 0.25) is 0 Å². The van der Waals surface area contributed by atoms with Gasteiger partial charge >= 0.3 is 0 Å². The summed E-state index contributed by atoms with van der Waals surface area (Å²) in [5.41, 5.74) is 18.2. The Morgan fingerprint density at radius 2 is 1.18 bits per heavy atom. The molecule has 10 rings (SSSR count). The number of fused-ring (bicyclic) bond motifs is 5. The maximum absolute atomic E-state index is 8.76. The second-order valence-corrected chi connectivity index (χ2v) is 14.1. The molecule has 10 heterocycles. The van der Waals surface area contributed by atoms with Crippen molar-refractivity contribution in [3.63, 3.8) is 0 Å². The second-order valence-electron chi connectivity index (χ2n) is 13.3. The summed E-state index contributed by atoms with van der Waals surface area (Å²) in [6.45, 7) is 4.78. The first-order valence-corrected chi connectivity index (χ1v) is 19.6. The molecule has 0 fully saturated rings. The molecule has 55 heavy (non-hydrogen) atoms. The van der Waals surface area contributed by atoms with Crippen molar-refractivity contribution in [2.45, 2.75) is 57.9 Å². The van der Waals surface area contributed by atoms with Gasteiger partial charge in [0.1, 0.15) is 6.07 Å². The molecule has 282 valence electrons. The van der Waals surface area contributed by atoms with Crippen molar-refractivity contribution in [1.82, 2.24) is 29.9 Å². The summed E-state index contributed by atoms with van der Waals surface area (Å²) in [7, 11) is 0. The van der Waals surface area contributed by atoms with Crippen LogP contribution >= 0.6 is 15.9 Å². The molecule has 0 spiro atoms. The Morgan fingerprint density at radius 3 is 1.87 bits per heavy atom. The summed E-state index contributed by atoms with van der Waals surface area (Å²) in [4.78, 5) is 24.4. The minimum absolute atomic E-state index is 0.573.